The summed E-state index contributed by atoms with van der Waals surface area (Å²) in [7, 11) is 0. The molecule has 0 saturated carbocycles. The lowest BCUT2D eigenvalue weighted by Gasteiger charge is -2.36. The average Bonchev–Trinajstić information content (AvgIpc) is 1.57. The highest BCUT2D eigenvalue weighted by molar-refractivity contribution is 6.06. The van der Waals surface area contributed by atoms with Gasteiger partial charge in [0.05, 0.1) is 13.2 Å². The number of carbonyl (C=O) groups is 2. The number of ketones is 2. The fraction of sp³-hybridized carbons (Fsp3) is 0.714. The molecule has 0 spiro atoms. The Balaban J connectivity index is 2.78. The fourth-order valence-corrected chi connectivity index (χ4v) is 0.961. The summed E-state index contributed by atoms with van der Waals surface area (Å²) in [4.78, 5) is 21.8. The zero-order chi connectivity index (χ0) is 7.78. The zero-order valence-corrected chi connectivity index (χ0v) is 6.14. The third-order valence-corrected chi connectivity index (χ3v) is 2.04. The van der Waals surface area contributed by atoms with E-state index >= 15 is 0 Å². The topological polar surface area (TPSA) is 43.4 Å². The van der Waals surface area contributed by atoms with Gasteiger partial charge >= 0.3 is 0 Å². The molecule has 10 heavy (non-hydrogen) atoms. The van der Waals surface area contributed by atoms with Crippen LogP contribution in [0.1, 0.15) is 13.8 Å². The Bertz CT molecular complexity index is 163. The number of rotatable bonds is 2. The number of carbonyl (C=O) groups excluding carboxylic acids is 2. The molecule has 0 aromatic rings. The molecular weight excluding hydrogens is 132 g/mol. The van der Waals surface area contributed by atoms with Gasteiger partial charge in [-0.05, 0) is 13.8 Å². The van der Waals surface area contributed by atoms with E-state index in [1.807, 2.05) is 0 Å². The van der Waals surface area contributed by atoms with Crippen molar-refractivity contribution in [1.82, 2.24) is 0 Å². The predicted octanol–water partition coefficient (Wildman–Crippen LogP) is 0.181. The quantitative estimate of drug-likeness (QED) is 0.516. The Kier molecular flexibility index (Phi) is 1.60. The smallest absolute Gasteiger partial charge is 0.148 e. The van der Waals surface area contributed by atoms with Crippen LogP contribution < -0.4 is 0 Å². The summed E-state index contributed by atoms with van der Waals surface area (Å²) in [6.45, 7) is 3.42. The first kappa shape index (κ1) is 7.41. The summed E-state index contributed by atoms with van der Waals surface area (Å²) >= 11 is 0. The summed E-state index contributed by atoms with van der Waals surface area (Å²) < 4.78 is 4.82. The first-order valence-corrected chi connectivity index (χ1v) is 3.19. The van der Waals surface area contributed by atoms with Crippen molar-refractivity contribution in [3.8, 4) is 0 Å². The molecule has 0 N–H and O–H groups in total. The van der Waals surface area contributed by atoms with Crippen LogP contribution in [0.25, 0.3) is 0 Å². The molecule has 1 saturated heterocycles. The SMILES string of the molecule is CC(=O)C1(C(C)=O)COC1. The van der Waals surface area contributed by atoms with Gasteiger partial charge < -0.3 is 4.74 Å². The molecule has 0 amide bonds. The van der Waals surface area contributed by atoms with E-state index in [0.29, 0.717) is 0 Å². The van der Waals surface area contributed by atoms with Crippen LogP contribution in [0, 0.1) is 5.41 Å². The van der Waals surface area contributed by atoms with Crippen molar-refractivity contribution in [2.75, 3.05) is 13.2 Å². The Labute approximate surface area is 59.4 Å². The van der Waals surface area contributed by atoms with Crippen molar-refractivity contribution in [3.63, 3.8) is 0 Å². The second kappa shape index (κ2) is 2.16. The molecule has 0 bridgehead atoms. The summed E-state index contributed by atoms with van der Waals surface area (Å²) in [5.41, 5.74) is -0.778. The van der Waals surface area contributed by atoms with Gasteiger partial charge in [0, 0.05) is 0 Å². The summed E-state index contributed by atoms with van der Waals surface area (Å²) in [6, 6.07) is 0. The Morgan fingerprint density at radius 2 is 1.60 bits per heavy atom. The third kappa shape index (κ3) is 0.778. The van der Waals surface area contributed by atoms with Crippen LogP contribution in [-0.2, 0) is 14.3 Å². The van der Waals surface area contributed by atoms with E-state index in [1.54, 1.807) is 0 Å². The Morgan fingerprint density at radius 1 is 1.20 bits per heavy atom. The molecule has 0 aromatic carbocycles. The van der Waals surface area contributed by atoms with Crippen LogP contribution in [-0.4, -0.2) is 24.8 Å². The van der Waals surface area contributed by atoms with Crippen molar-refractivity contribution < 1.29 is 14.3 Å². The standard InChI is InChI=1S/C7H10O3/c1-5(8)7(6(2)9)3-10-4-7/h3-4H2,1-2H3. The third-order valence-electron chi connectivity index (χ3n) is 2.04. The normalized spacial score (nSPS) is 21.4. The van der Waals surface area contributed by atoms with Gasteiger partial charge in [0.2, 0.25) is 0 Å². The van der Waals surface area contributed by atoms with Crippen molar-refractivity contribution in [1.29, 1.82) is 0 Å². The molecule has 1 heterocycles. The van der Waals surface area contributed by atoms with Gasteiger partial charge in [-0.1, -0.05) is 0 Å². The second-order valence-electron chi connectivity index (χ2n) is 2.69. The van der Waals surface area contributed by atoms with Crippen molar-refractivity contribution in [2.45, 2.75) is 13.8 Å². The molecule has 1 rings (SSSR count). The molecular formula is C7H10O3. The summed E-state index contributed by atoms with van der Waals surface area (Å²) in [6.07, 6.45) is 0. The average molecular weight is 142 g/mol. The van der Waals surface area contributed by atoms with Gasteiger partial charge in [0.25, 0.3) is 0 Å². The highest BCUT2D eigenvalue weighted by Gasteiger charge is 2.47. The minimum Gasteiger partial charge on any atom is -0.378 e. The minimum atomic E-state index is -0.778. The first-order chi connectivity index (χ1) is 4.59. The van der Waals surface area contributed by atoms with Crippen molar-refractivity contribution in [3.05, 3.63) is 0 Å². The van der Waals surface area contributed by atoms with E-state index in [9.17, 15) is 9.59 Å². The predicted molar refractivity (Wildman–Crippen MR) is 34.6 cm³/mol. The Morgan fingerprint density at radius 3 is 1.60 bits per heavy atom. The van der Waals surface area contributed by atoms with Gasteiger partial charge in [0.1, 0.15) is 17.0 Å². The van der Waals surface area contributed by atoms with Crippen LogP contribution in [0.5, 0.6) is 0 Å². The molecule has 0 unspecified atom stereocenters. The number of hydrogen-bond acceptors (Lipinski definition) is 3. The summed E-state index contributed by atoms with van der Waals surface area (Å²) in [5, 5.41) is 0. The largest absolute Gasteiger partial charge is 0.378 e. The highest BCUT2D eigenvalue weighted by atomic mass is 16.5. The summed E-state index contributed by atoms with van der Waals surface area (Å²) in [5.74, 6) is -0.155. The van der Waals surface area contributed by atoms with Crippen LogP contribution in [0.15, 0.2) is 0 Å². The number of Topliss-reactive ketones (excluding diaryl/α,β-unsaturated/α-hetero) is 2. The molecule has 3 heteroatoms. The molecule has 1 aliphatic rings. The minimum absolute atomic E-state index is 0.0775. The van der Waals surface area contributed by atoms with Crippen LogP contribution >= 0.6 is 0 Å². The molecule has 1 fully saturated rings. The van der Waals surface area contributed by atoms with E-state index in [4.69, 9.17) is 4.74 Å². The molecule has 0 aromatic heterocycles. The van der Waals surface area contributed by atoms with Crippen LogP contribution in [0.4, 0.5) is 0 Å². The molecule has 0 aliphatic carbocycles. The van der Waals surface area contributed by atoms with Gasteiger partial charge in [-0.3, -0.25) is 9.59 Å². The molecule has 0 atom stereocenters. The van der Waals surface area contributed by atoms with E-state index in [-0.39, 0.29) is 24.8 Å². The molecule has 56 valence electrons. The zero-order valence-electron chi connectivity index (χ0n) is 6.14. The maximum Gasteiger partial charge on any atom is 0.148 e. The van der Waals surface area contributed by atoms with E-state index in [1.165, 1.54) is 13.8 Å². The van der Waals surface area contributed by atoms with Crippen LogP contribution in [0.3, 0.4) is 0 Å². The monoisotopic (exact) mass is 142 g/mol. The van der Waals surface area contributed by atoms with Gasteiger partial charge in [0.15, 0.2) is 0 Å². The molecule has 0 radical (unpaired) electrons. The highest BCUT2D eigenvalue weighted by Crippen LogP contribution is 2.29. The van der Waals surface area contributed by atoms with E-state index in [2.05, 4.69) is 0 Å². The fourth-order valence-electron chi connectivity index (χ4n) is 0.961. The van der Waals surface area contributed by atoms with E-state index in [0.717, 1.165) is 0 Å². The maximum absolute atomic E-state index is 10.9. The van der Waals surface area contributed by atoms with E-state index < -0.39 is 5.41 Å². The van der Waals surface area contributed by atoms with Crippen molar-refractivity contribution >= 4 is 11.6 Å². The lowest BCUT2D eigenvalue weighted by atomic mass is 9.78. The van der Waals surface area contributed by atoms with Crippen molar-refractivity contribution in [2.24, 2.45) is 5.41 Å². The molecule has 1 aliphatic heterocycles. The Hall–Kier alpha value is -0.700. The van der Waals surface area contributed by atoms with Crippen LogP contribution in [0.2, 0.25) is 0 Å². The lowest BCUT2D eigenvalue weighted by Crippen LogP contribution is -2.53. The number of ether oxygens (including phenoxy) is 1. The molecule has 3 nitrogen and oxygen atoms in total. The number of hydrogen-bond donors (Lipinski definition) is 0. The van der Waals surface area contributed by atoms with Gasteiger partial charge in [-0.25, -0.2) is 0 Å². The van der Waals surface area contributed by atoms with Gasteiger partial charge in [-0.15, -0.1) is 0 Å². The lowest BCUT2D eigenvalue weighted by molar-refractivity contribution is -0.167. The second-order valence-corrected chi connectivity index (χ2v) is 2.69. The maximum atomic E-state index is 10.9. The first-order valence-electron chi connectivity index (χ1n) is 3.19. The van der Waals surface area contributed by atoms with Gasteiger partial charge in [-0.2, -0.15) is 0 Å².